The van der Waals surface area contributed by atoms with E-state index in [0.717, 1.165) is 17.2 Å². The van der Waals surface area contributed by atoms with Gasteiger partial charge in [0, 0.05) is 6.08 Å². The van der Waals surface area contributed by atoms with Crippen LogP contribution in [0.1, 0.15) is 12.5 Å². The van der Waals surface area contributed by atoms with Crippen LogP contribution < -0.4 is 0 Å². The molecule has 1 aromatic rings. The Morgan fingerprint density at radius 1 is 1.29 bits per heavy atom. The Labute approximate surface area is 83.2 Å². The van der Waals surface area contributed by atoms with Gasteiger partial charge in [-0.1, -0.05) is 42.5 Å². The zero-order chi connectivity index (χ0) is 10.4. The Morgan fingerprint density at radius 3 is 2.50 bits per heavy atom. The van der Waals surface area contributed by atoms with Crippen molar-refractivity contribution in [2.24, 2.45) is 0 Å². The number of hydrogen-bond donors (Lipinski definition) is 1. The van der Waals surface area contributed by atoms with E-state index in [2.05, 4.69) is 0 Å². The lowest BCUT2D eigenvalue weighted by Crippen LogP contribution is -1.84. The standard InChI is InChI=1S/C12H12O2/c1-10(6-5-9-12(13)14)11-7-3-2-4-8-11/h2-9H,1H3,(H,13,14)/b9-5+,10-6+. The molecule has 1 aromatic carbocycles. The molecule has 0 spiro atoms. The molecule has 0 bridgehead atoms. The van der Waals surface area contributed by atoms with Crippen LogP contribution >= 0.6 is 0 Å². The average Bonchev–Trinajstić information content (AvgIpc) is 2.18. The first-order chi connectivity index (χ1) is 6.70. The number of aliphatic carboxylic acids is 1. The fraction of sp³-hybridized carbons (Fsp3) is 0.0833. The molecule has 0 unspecified atom stereocenters. The van der Waals surface area contributed by atoms with Crippen molar-refractivity contribution in [2.45, 2.75) is 6.92 Å². The number of carbonyl (C=O) groups is 1. The molecule has 0 heterocycles. The van der Waals surface area contributed by atoms with E-state index in [1.165, 1.54) is 6.08 Å². The second kappa shape index (κ2) is 5.02. The lowest BCUT2D eigenvalue weighted by molar-refractivity contribution is -0.131. The summed E-state index contributed by atoms with van der Waals surface area (Å²) < 4.78 is 0. The first kappa shape index (κ1) is 10.3. The third-order valence-electron chi connectivity index (χ3n) is 1.81. The molecule has 0 aromatic heterocycles. The third kappa shape index (κ3) is 3.27. The molecular weight excluding hydrogens is 176 g/mol. The third-order valence-corrected chi connectivity index (χ3v) is 1.81. The lowest BCUT2D eigenvalue weighted by atomic mass is 10.1. The number of carboxylic acids is 1. The second-order valence-electron chi connectivity index (χ2n) is 2.91. The van der Waals surface area contributed by atoms with Gasteiger partial charge in [0.05, 0.1) is 0 Å². The van der Waals surface area contributed by atoms with Crippen molar-refractivity contribution < 1.29 is 9.90 Å². The molecule has 72 valence electrons. The summed E-state index contributed by atoms with van der Waals surface area (Å²) in [6.45, 7) is 1.95. The fourth-order valence-electron chi connectivity index (χ4n) is 1.07. The van der Waals surface area contributed by atoms with E-state index in [9.17, 15) is 4.79 Å². The van der Waals surface area contributed by atoms with Gasteiger partial charge in [-0.05, 0) is 18.1 Å². The van der Waals surface area contributed by atoms with Crippen LogP contribution in [0.3, 0.4) is 0 Å². The zero-order valence-corrected chi connectivity index (χ0v) is 7.97. The van der Waals surface area contributed by atoms with Gasteiger partial charge in [-0.3, -0.25) is 0 Å². The van der Waals surface area contributed by atoms with E-state index < -0.39 is 5.97 Å². The molecule has 1 rings (SSSR count). The summed E-state index contributed by atoms with van der Waals surface area (Å²) in [5, 5.41) is 8.38. The summed E-state index contributed by atoms with van der Waals surface area (Å²) in [7, 11) is 0. The monoisotopic (exact) mass is 188 g/mol. The summed E-state index contributed by atoms with van der Waals surface area (Å²) >= 11 is 0. The number of hydrogen-bond acceptors (Lipinski definition) is 1. The molecule has 1 N–H and O–H groups in total. The van der Waals surface area contributed by atoms with Crippen molar-refractivity contribution in [1.82, 2.24) is 0 Å². The number of carboxylic acid groups (broad SMARTS) is 1. The molecule has 0 aliphatic heterocycles. The summed E-state index contributed by atoms with van der Waals surface area (Å²) in [6.07, 6.45) is 4.43. The van der Waals surface area contributed by atoms with Gasteiger partial charge < -0.3 is 5.11 Å². The van der Waals surface area contributed by atoms with E-state index in [-0.39, 0.29) is 0 Å². The van der Waals surface area contributed by atoms with E-state index >= 15 is 0 Å². The highest BCUT2D eigenvalue weighted by atomic mass is 16.4. The molecule has 0 amide bonds. The molecule has 14 heavy (non-hydrogen) atoms. The topological polar surface area (TPSA) is 37.3 Å². The molecule has 0 radical (unpaired) electrons. The summed E-state index contributed by atoms with van der Waals surface area (Å²) in [5.41, 5.74) is 2.14. The molecule has 0 atom stereocenters. The average molecular weight is 188 g/mol. The molecule has 0 fully saturated rings. The van der Waals surface area contributed by atoms with Gasteiger partial charge in [0.2, 0.25) is 0 Å². The summed E-state index contributed by atoms with van der Waals surface area (Å²) in [4.78, 5) is 10.2. The van der Waals surface area contributed by atoms with Gasteiger partial charge in [-0.2, -0.15) is 0 Å². The Balaban J connectivity index is 2.75. The smallest absolute Gasteiger partial charge is 0.328 e. The molecule has 0 aliphatic rings. The van der Waals surface area contributed by atoms with Crippen LogP contribution in [0.4, 0.5) is 0 Å². The van der Waals surface area contributed by atoms with Crippen LogP contribution in [0.25, 0.3) is 5.57 Å². The molecule has 0 saturated heterocycles. The van der Waals surface area contributed by atoms with Crippen LogP contribution in [0, 0.1) is 0 Å². The summed E-state index contributed by atoms with van der Waals surface area (Å²) in [6, 6.07) is 9.83. The summed E-state index contributed by atoms with van der Waals surface area (Å²) in [5.74, 6) is -0.929. The van der Waals surface area contributed by atoms with E-state index in [0.29, 0.717) is 0 Å². The zero-order valence-electron chi connectivity index (χ0n) is 7.97. The quantitative estimate of drug-likeness (QED) is 0.585. The SMILES string of the molecule is C/C(=C\C=C\C(=O)O)c1ccccc1. The second-order valence-corrected chi connectivity index (χ2v) is 2.91. The van der Waals surface area contributed by atoms with Crippen LogP contribution in [0.15, 0.2) is 48.6 Å². The Morgan fingerprint density at radius 2 is 1.93 bits per heavy atom. The van der Waals surface area contributed by atoms with Crippen molar-refractivity contribution in [3.05, 3.63) is 54.1 Å². The molecular formula is C12H12O2. The maximum absolute atomic E-state index is 10.2. The first-order valence-corrected chi connectivity index (χ1v) is 4.33. The van der Waals surface area contributed by atoms with Crippen molar-refractivity contribution in [1.29, 1.82) is 0 Å². The van der Waals surface area contributed by atoms with E-state index in [1.54, 1.807) is 6.08 Å². The maximum atomic E-state index is 10.2. The van der Waals surface area contributed by atoms with Gasteiger partial charge in [-0.25, -0.2) is 4.79 Å². The minimum absolute atomic E-state index is 0.929. The Hall–Kier alpha value is -1.83. The number of benzene rings is 1. The van der Waals surface area contributed by atoms with Gasteiger partial charge in [-0.15, -0.1) is 0 Å². The normalized spacial score (nSPS) is 11.9. The van der Waals surface area contributed by atoms with Gasteiger partial charge in [0.25, 0.3) is 0 Å². The van der Waals surface area contributed by atoms with Gasteiger partial charge in [0.15, 0.2) is 0 Å². The predicted octanol–water partition coefficient (Wildman–Crippen LogP) is 2.73. The Kier molecular flexibility index (Phi) is 3.68. The number of rotatable bonds is 3. The van der Waals surface area contributed by atoms with Crippen LogP contribution in [-0.4, -0.2) is 11.1 Å². The van der Waals surface area contributed by atoms with Gasteiger partial charge >= 0.3 is 5.97 Å². The highest BCUT2D eigenvalue weighted by Crippen LogP contribution is 2.12. The van der Waals surface area contributed by atoms with Crippen LogP contribution in [-0.2, 0) is 4.79 Å². The molecule has 0 aliphatic carbocycles. The molecule has 2 nitrogen and oxygen atoms in total. The number of allylic oxidation sites excluding steroid dienone is 3. The highest BCUT2D eigenvalue weighted by Gasteiger charge is 1.91. The highest BCUT2D eigenvalue weighted by molar-refractivity contribution is 5.80. The van der Waals surface area contributed by atoms with Crippen molar-refractivity contribution in [3.8, 4) is 0 Å². The fourth-order valence-corrected chi connectivity index (χ4v) is 1.07. The van der Waals surface area contributed by atoms with Crippen LogP contribution in [0.5, 0.6) is 0 Å². The minimum Gasteiger partial charge on any atom is -0.478 e. The first-order valence-electron chi connectivity index (χ1n) is 4.33. The molecule has 2 heteroatoms. The van der Waals surface area contributed by atoms with E-state index in [4.69, 9.17) is 5.11 Å². The van der Waals surface area contributed by atoms with Crippen molar-refractivity contribution in [2.75, 3.05) is 0 Å². The predicted molar refractivity (Wildman–Crippen MR) is 56.9 cm³/mol. The molecule has 0 saturated carbocycles. The van der Waals surface area contributed by atoms with Crippen molar-refractivity contribution in [3.63, 3.8) is 0 Å². The van der Waals surface area contributed by atoms with Crippen LogP contribution in [0.2, 0.25) is 0 Å². The van der Waals surface area contributed by atoms with E-state index in [1.807, 2.05) is 37.3 Å². The maximum Gasteiger partial charge on any atom is 0.328 e. The lowest BCUT2D eigenvalue weighted by Gasteiger charge is -1.97. The largest absolute Gasteiger partial charge is 0.478 e. The van der Waals surface area contributed by atoms with Crippen molar-refractivity contribution >= 4 is 11.5 Å². The Bertz CT molecular complexity index is 361. The van der Waals surface area contributed by atoms with Gasteiger partial charge in [0.1, 0.15) is 0 Å². The minimum atomic E-state index is -0.929.